The van der Waals surface area contributed by atoms with Crippen LogP contribution >= 0.6 is 11.8 Å². The molecular formula is C10H20FNS. The van der Waals surface area contributed by atoms with E-state index in [1.54, 1.807) is 6.92 Å². The van der Waals surface area contributed by atoms with Crippen molar-refractivity contribution in [3.8, 4) is 0 Å². The summed E-state index contributed by atoms with van der Waals surface area (Å²) in [4.78, 5) is 2.42. The summed E-state index contributed by atoms with van der Waals surface area (Å²) in [6.45, 7) is 8.17. The van der Waals surface area contributed by atoms with E-state index in [2.05, 4.69) is 18.7 Å². The number of thioether (sulfide) groups is 1. The van der Waals surface area contributed by atoms with Crippen LogP contribution in [-0.2, 0) is 0 Å². The summed E-state index contributed by atoms with van der Waals surface area (Å²) in [5, 5.41) is 0. The Morgan fingerprint density at radius 2 is 2.23 bits per heavy atom. The topological polar surface area (TPSA) is 3.24 Å². The van der Waals surface area contributed by atoms with Gasteiger partial charge < -0.3 is 0 Å². The van der Waals surface area contributed by atoms with Gasteiger partial charge in [0.2, 0.25) is 0 Å². The monoisotopic (exact) mass is 205 g/mol. The van der Waals surface area contributed by atoms with Gasteiger partial charge in [-0.3, -0.25) is 4.90 Å². The molecule has 0 aliphatic carbocycles. The number of alkyl halides is 1. The average molecular weight is 205 g/mol. The van der Waals surface area contributed by atoms with E-state index in [9.17, 15) is 4.39 Å². The van der Waals surface area contributed by atoms with Crippen LogP contribution in [0.25, 0.3) is 0 Å². The van der Waals surface area contributed by atoms with Crippen molar-refractivity contribution < 1.29 is 4.39 Å². The number of hydrogen-bond donors (Lipinski definition) is 0. The zero-order valence-electron chi connectivity index (χ0n) is 8.85. The Kier molecular flexibility index (Phi) is 4.05. The van der Waals surface area contributed by atoms with Crippen molar-refractivity contribution in [3.63, 3.8) is 0 Å². The molecule has 0 spiro atoms. The summed E-state index contributed by atoms with van der Waals surface area (Å²) in [7, 11) is 0. The lowest BCUT2D eigenvalue weighted by Crippen LogP contribution is -2.50. The van der Waals surface area contributed by atoms with Crippen LogP contribution < -0.4 is 0 Å². The van der Waals surface area contributed by atoms with Crippen molar-refractivity contribution in [3.05, 3.63) is 0 Å². The molecule has 78 valence electrons. The molecule has 1 fully saturated rings. The Hall–Kier alpha value is 0.240. The zero-order chi connectivity index (χ0) is 9.90. The first-order valence-electron chi connectivity index (χ1n) is 4.99. The van der Waals surface area contributed by atoms with Gasteiger partial charge in [-0.1, -0.05) is 0 Å². The van der Waals surface area contributed by atoms with Crippen molar-refractivity contribution in [1.82, 2.24) is 4.90 Å². The summed E-state index contributed by atoms with van der Waals surface area (Å²) < 4.78 is 12.7. The Bertz CT molecular complexity index is 159. The molecule has 3 heteroatoms. The predicted octanol–water partition coefficient (Wildman–Crippen LogP) is 2.56. The molecule has 0 saturated carbocycles. The second-order valence-corrected chi connectivity index (χ2v) is 5.53. The third kappa shape index (κ3) is 3.47. The van der Waals surface area contributed by atoms with Crippen molar-refractivity contribution in [2.24, 2.45) is 0 Å². The number of rotatable bonds is 3. The summed E-state index contributed by atoms with van der Waals surface area (Å²) in [6.07, 6.45) is 0.0130. The fraction of sp³-hybridized carbons (Fsp3) is 1.00. The Morgan fingerprint density at radius 1 is 1.54 bits per heavy atom. The second-order valence-electron chi connectivity index (χ2n) is 4.42. The highest BCUT2D eigenvalue weighted by atomic mass is 32.2. The summed E-state index contributed by atoms with van der Waals surface area (Å²) in [5.41, 5.74) is 0.262. The smallest absolute Gasteiger partial charge is 0.0985 e. The molecule has 1 aliphatic heterocycles. The molecule has 1 heterocycles. The van der Waals surface area contributed by atoms with Crippen LogP contribution in [0.1, 0.15) is 27.2 Å². The van der Waals surface area contributed by atoms with Gasteiger partial charge in [-0.25, -0.2) is 4.39 Å². The van der Waals surface area contributed by atoms with Crippen LogP contribution in [0.4, 0.5) is 4.39 Å². The lowest BCUT2D eigenvalue weighted by Gasteiger charge is -2.42. The Labute approximate surface area is 85.1 Å². The molecule has 0 radical (unpaired) electrons. The normalized spacial score (nSPS) is 25.8. The highest BCUT2D eigenvalue weighted by molar-refractivity contribution is 7.99. The van der Waals surface area contributed by atoms with Crippen LogP contribution in [0.3, 0.4) is 0 Å². The Morgan fingerprint density at radius 3 is 2.77 bits per heavy atom. The Balaban J connectivity index is 2.37. The molecule has 0 aromatic rings. The first-order chi connectivity index (χ1) is 6.02. The minimum atomic E-state index is -0.662. The maximum absolute atomic E-state index is 12.7. The van der Waals surface area contributed by atoms with E-state index in [-0.39, 0.29) is 5.54 Å². The summed E-state index contributed by atoms with van der Waals surface area (Å²) in [6, 6.07) is 0. The van der Waals surface area contributed by atoms with Gasteiger partial charge in [0.25, 0.3) is 0 Å². The largest absolute Gasteiger partial charge is 0.296 e. The van der Waals surface area contributed by atoms with E-state index < -0.39 is 6.17 Å². The van der Waals surface area contributed by atoms with E-state index in [1.165, 1.54) is 11.5 Å². The predicted molar refractivity (Wildman–Crippen MR) is 58.2 cm³/mol. The van der Waals surface area contributed by atoms with E-state index in [4.69, 9.17) is 0 Å². The van der Waals surface area contributed by atoms with Crippen molar-refractivity contribution in [2.75, 3.05) is 24.6 Å². The van der Waals surface area contributed by atoms with Gasteiger partial charge in [0.1, 0.15) is 0 Å². The third-order valence-electron chi connectivity index (χ3n) is 2.61. The highest BCUT2D eigenvalue weighted by Crippen LogP contribution is 2.26. The summed E-state index contributed by atoms with van der Waals surface area (Å²) in [5.74, 6) is 2.37. The van der Waals surface area contributed by atoms with Crippen molar-refractivity contribution in [1.29, 1.82) is 0 Å². The van der Waals surface area contributed by atoms with Gasteiger partial charge in [-0.15, -0.1) is 0 Å². The third-order valence-corrected chi connectivity index (χ3v) is 4.00. The SMILES string of the molecule is CC(F)CCN1CCSCC1(C)C. The highest BCUT2D eigenvalue weighted by Gasteiger charge is 2.29. The zero-order valence-corrected chi connectivity index (χ0v) is 9.66. The quantitative estimate of drug-likeness (QED) is 0.696. The molecule has 0 bridgehead atoms. The van der Waals surface area contributed by atoms with Gasteiger partial charge in [0.15, 0.2) is 0 Å². The summed E-state index contributed by atoms with van der Waals surface area (Å²) >= 11 is 2.00. The average Bonchev–Trinajstić information content (AvgIpc) is 2.01. The minimum Gasteiger partial charge on any atom is -0.296 e. The molecule has 0 aromatic heterocycles. The van der Waals surface area contributed by atoms with E-state index in [1.807, 2.05) is 11.8 Å². The fourth-order valence-corrected chi connectivity index (χ4v) is 2.81. The van der Waals surface area contributed by atoms with Gasteiger partial charge in [-0.2, -0.15) is 11.8 Å². The van der Waals surface area contributed by atoms with Gasteiger partial charge >= 0.3 is 0 Å². The van der Waals surface area contributed by atoms with Crippen LogP contribution in [-0.4, -0.2) is 41.2 Å². The van der Waals surface area contributed by atoms with Crippen LogP contribution in [0, 0.1) is 0 Å². The maximum Gasteiger partial charge on any atom is 0.0985 e. The van der Waals surface area contributed by atoms with Gasteiger partial charge in [0, 0.05) is 30.1 Å². The maximum atomic E-state index is 12.7. The fourth-order valence-electron chi connectivity index (χ4n) is 1.64. The first kappa shape index (κ1) is 11.3. The van der Waals surface area contributed by atoms with Crippen molar-refractivity contribution >= 4 is 11.8 Å². The number of nitrogens with zero attached hydrogens (tertiary/aromatic N) is 1. The first-order valence-corrected chi connectivity index (χ1v) is 6.15. The number of hydrogen-bond acceptors (Lipinski definition) is 2. The molecule has 1 nitrogen and oxygen atoms in total. The molecule has 1 saturated heterocycles. The molecular weight excluding hydrogens is 185 g/mol. The molecule has 0 amide bonds. The van der Waals surface area contributed by atoms with Crippen molar-refractivity contribution in [2.45, 2.75) is 38.9 Å². The molecule has 13 heavy (non-hydrogen) atoms. The molecule has 1 rings (SSSR count). The van der Waals surface area contributed by atoms with E-state index >= 15 is 0 Å². The van der Waals surface area contributed by atoms with Crippen LogP contribution in [0.15, 0.2) is 0 Å². The molecule has 1 aliphatic rings. The van der Waals surface area contributed by atoms with Crippen LogP contribution in [0.2, 0.25) is 0 Å². The molecule has 1 unspecified atom stereocenters. The van der Waals surface area contributed by atoms with Crippen LogP contribution in [0.5, 0.6) is 0 Å². The standard InChI is InChI=1S/C10H20FNS/c1-9(11)4-5-12-6-7-13-8-10(12,2)3/h9H,4-8H2,1-3H3. The lowest BCUT2D eigenvalue weighted by atomic mass is 10.0. The minimum absolute atomic E-state index is 0.262. The number of halogens is 1. The molecule has 0 aromatic carbocycles. The van der Waals surface area contributed by atoms with E-state index in [0.29, 0.717) is 6.42 Å². The molecule has 0 N–H and O–H groups in total. The molecule has 1 atom stereocenters. The lowest BCUT2D eigenvalue weighted by molar-refractivity contribution is 0.130. The van der Waals surface area contributed by atoms with Gasteiger partial charge in [-0.05, 0) is 27.2 Å². The van der Waals surface area contributed by atoms with Gasteiger partial charge in [0.05, 0.1) is 6.17 Å². The second kappa shape index (κ2) is 4.65. The van der Waals surface area contributed by atoms with E-state index in [0.717, 1.165) is 13.1 Å².